The highest BCUT2D eigenvalue weighted by Gasteiger charge is 2.32. The molecule has 0 N–H and O–H groups in total. The maximum absolute atomic E-state index is 12.4. The predicted octanol–water partition coefficient (Wildman–Crippen LogP) is 2.95. The Hall–Kier alpha value is -1.28. The van der Waals surface area contributed by atoms with E-state index in [1.54, 1.807) is 0 Å². The molecule has 21 heavy (non-hydrogen) atoms. The number of nitrogens with zero attached hydrogens (tertiary/aromatic N) is 1. The lowest BCUT2D eigenvalue weighted by molar-refractivity contribution is -0.140. The number of carbonyl (C=O) groups excluding carboxylic acids is 1. The lowest BCUT2D eigenvalue weighted by Crippen LogP contribution is -2.38. The highest BCUT2D eigenvalue weighted by atomic mass is 35.7. The fourth-order valence-corrected chi connectivity index (χ4v) is 2.60. The van der Waals surface area contributed by atoms with Gasteiger partial charge >= 0.3 is 6.18 Å². The molecule has 0 aliphatic rings. The summed E-state index contributed by atoms with van der Waals surface area (Å²) in [6, 6.07) is 3.52. The molecule has 0 unspecified atom stereocenters. The molecule has 0 aliphatic carbocycles. The van der Waals surface area contributed by atoms with Crippen LogP contribution in [-0.4, -0.2) is 38.5 Å². The number of rotatable bonds is 4. The summed E-state index contributed by atoms with van der Waals surface area (Å²) >= 11 is 0. The lowest BCUT2D eigenvalue weighted by Gasteiger charge is -2.22. The third-order valence-electron chi connectivity index (χ3n) is 2.62. The van der Waals surface area contributed by atoms with E-state index in [-0.39, 0.29) is 17.0 Å². The molecule has 0 saturated heterocycles. The van der Waals surface area contributed by atoms with Gasteiger partial charge in [0.2, 0.25) is 0 Å². The van der Waals surface area contributed by atoms with Crippen LogP contribution in [0.3, 0.4) is 0 Å². The Kier molecular flexibility index (Phi) is 5.27. The van der Waals surface area contributed by atoms with Crippen molar-refractivity contribution in [3.05, 3.63) is 29.3 Å². The molecule has 118 valence electrons. The van der Waals surface area contributed by atoms with Gasteiger partial charge in [-0.15, -0.1) is 0 Å². The van der Waals surface area contributed by atoms with E-state index < -0.39 is 27.7 Å². The number of alkyl halides is 3. The van der Waals surface area contributed by atoms with Gasteiger partial charge in [0, 0.05) is 22.8 Å². The lowest BCUT2D eigenvalue weighted by atomic mass is 10.1. The summed E-state index contributed by atoms with van der Waals surface area (Å²) in [5.41, 5.74) is 0.253. The van der Waals surface area contributed by atoms with Crippen molar-refractivity contribution in [3.8, 4) is 0 Å². The average molecular weight is 344 g/mol. The zero-order valence-electron chi connectivity index (χ0n) is 11.2. The number of benzene rings is 1. The number of hydrogen-bond acceptors (Lipinski definition) is 3. The van der Waals surface area contributed by atoms with Crippen molar-refractivity contribution in [2.24, 2.45) is 0 Å². The Balaban J connectivity index is 3.20. The average Bonchev–Trinajstić information content (AvgIpc) is 2.32. The molecule has 1 rings (SSSR count). The summed E-state index contributed by atoms with van der Waals surface area (Å²) in [5.74, 6) is -0.903. The van der Waals surface area contributed by atoms with Crippen molar-refractivity contribution in [1.29, 1.82) is 0 Å². The smallest absolute Gasteiger partial charge is 0.330 e. The number of amides is 1. The normalized spacial score (nSPS) is 12.3. The second-order valence-corrected chi connectivity index (χ2v) is 6.97. The van der Waals surface area contributed by atoms with Gasteiger partial charge in [-0.1, -0.05) is 0 Å². The van der Waals surface area contributed by atoms with E-state index >= 15 is 0 Å². The van der Waals surface area contributed by atoms with E-state index in [9.17, 15) is 26.4 Å². The van der Waals surface area contributed by atoms with E-state index in [2.05, 4.69) is 0 Å². The van der Waals surface area contributed by atoms with Crippen molar-refractivity contribution in [2.45, 2.75) is 24.9 Å². The van der Waals surface area contributed by atoms with Gasteiger partial charge in [-0.25, -0.2) is 8.42 Å². The summed E-state index contributed by atoms with van der Waals surface area (Å²) in [6.07, 6.45) is -4.53. The van der Waals surface area contributed by atoms with Crippen LogP contribution in [0, 0.1) is 6.92 Å². The van der Waals surface area contributed by atoms with Crippen molar-refractivity contribution in [2.75, 3.05) is 13.1 Å². The molecule has 0 fully saturated rings. The SMILES string of the molecule is CCN(CC(F)(F)F)C(=O)c1cc(C)cc(S(=O)(=O)Cl)c1. The minimum atomic E-state index is -4.53. The van der Waals surface area contributed by atoms with Gasteiger partial charge in [0.1, 0.15) is 6.54 Å². The summed E-state index contributed by atoms with van der Waals surface area (Å²) in [7, 11) is 1.12. The predicted molar refractivity (Wildman–Crippen MR) is 71.9 cm³/mol. The summed E-state index contributed by atoms with van der Waals surface area (Å²) in [5, 5.41) is 0. The topological polar surface area (TPSA) is 54.5 Å². The maximum atomic E-state index is 12.4. The van der Waals surface area contributed by atoms with Crippen LogP contribution in [0.25, 0.3) is 0 Å². The number of carbonyl (C=O) groups is 1. The van der Waals surface area contributed by atoms with Crippen LogP contribution in [0.15, 0.2) is 23.1 Å². The minimum absolute atomic E-state index is 0.152. The molecule has 0 aliphatic heterocycles. The van der Waals surface area contributed by atoms with Gasteiger partial charge in [0.05, 0.1) is 4.90 Å². The third kappa shape index (κ3) is 5.20. The first kappa shape index (κ1) is 17.8. The Labute approximate surface area is 124 Å². The largest absolute Gasteiger partial charge is 0.406 e. The van der Waals surface area contributed by atoms with Crippen molar-refractivity contribution >= 4 is 25.6 Å². The van der Waals surface area contributed by atoms with E-state index in [1.165, 1.54) is 26.0 Å². The second kappa shape index (κ2) is 6.23. The Bertz CT molecular complexity index is 644. The van der Waals surface area contributed by atoms with Crippen LogP contribution < -0.4 is 0 Å². The van der Waals surface area contributed by atoms with Crippen LogP contribution in [0.4, 0.5) is 13.2 Å². The van der Waals surface area contributed by atoms with Crippen LogP contribution in [0.5, 0.6) is 0 Å². The number of aryl methyl sites for hydroxylation is 1. The highest BCUT2D eigenvalue weighted by Crippen LogP contribution is 2.22. The molecule has 0 saturated carbocycles. The zero-order chi connectivity index (χ0) is 16.4. The van der Waals surface area contributed by atoms with Gasteiger partial charge in [-0.05, 0) is 37.6 Å². The van der Waals surface area contributed by atoms with Crippen LogP contribution in [0.2, 0.25) is 0 Å². The van der Waals surface area contributed by atoms with Crippen LogP contribution in [0.1, 0.15) is 22.8 Å². The second-order valence-electron chi connectivity index (χ2n) is 4.41. The molecule has 9 heteroatoms. The minimum Gasteiger partial charge on any atom is -0.330 e. The first-order valence-corrected chi connectivity index (χ1v) is 8.17. The highest BCUT2D eigenvalue weighted by molar-refractivity contribution is 8.13. The molecule has 4 nitrogen and oxygen atoms in total. The molecule has 0 bridgehead atoms. The fourth-order valence-electron chi connectivity index (χ4n) is 1.74. The standard InChI is InChI=1S/C12H13ClF3NO3S/c1-3-17(7-12(14,15)16)11(18)9-4-8(2)5-10(6-9)21(13,19)20/h4-6H,3,7H2,1-2H3. The summed E-state index contributed by atoms with van der Waals surface area (Å²) in [6.45, 7) is 1.36. The summed E-state index contributed by atoms with van der Waals surface area (Å²) < 4.78 is 59.8. The first-order valence-electron chi connectivity index (χ1n) is 5.86. The number of halogens is 4. The van der Waals surface area contributed by atoms with Gasteiger partial charge in [-0.3, -0.25) is 4.79 Å². The molecule has 1 aromatic carbocycles. The van der Waals surface area contributed by atoms with Gasteiger partial charge < -0.3 is 4.90 Å². The Morgan fingerprint density at radius 1 is 1.29 bits per heavy atom. The fraction of sp³-hybridized carbons (Fsp3) is 0.417. The molecule has 0 radical (unpaired) electrons. The van der Waals surface area contributed by atoms with Crippen LogP contribution >= 0.6 is 10.7 Å². The van der Waals surface area contributed by atoms with E-state index in [0.29, 0.717) is 10.5 Å². The van der Waals surface area contributed by atoms with Crippen molar-refractivity contribution in [1.82, 2.24) is 4.90 Å². The number of hydrogen-bond donors (Lipinski definition) is 0. The zero-order valence-corrected chi connectivity index (χ0v) is 12.8. The molecule has 0 spiro atoms. The van der Waals surface area contributed by atoms with Gasteiger partial charge in [-0.2, -0.15) is 13.2 Å². The molecular formula is C12H13ClF3NO3S. The van der Waals surface area contributed by atoms with Gasteiger partial charge in [0.25, 0.3) is 15.0 Å². The Morgan fingerprint density at radius 3 is 2.29 bits per heavy atom. The Morgan fingerprint density at radius 2 is 1.86 bits per heavy atom. The molecule has 0 heterocycles. The first-order chi connectivity index (χ1) is 9.44. The van der Waals surface area contributed by atoms with E-state index in [0.717, 1.165) is 6.07 Å². The molecular weight excluding hydrogens is 331 g/mol. The molecule has 0 atom stereocenters. The quantitative estimate of drug-likeness (QED) is 0.790. The molecule has 1 amide bonds. The van der Waals surface area contributed by atoms with Crippen molar-refractivity contribution in [3.63, 3.8) is 0 Å². The van der Waals surface area contributed by atoms with Crippen molar-refractivity contribution < 1.29 is 26.4 Å². The molecule has 1 aromatic rings. The third-order valence-corrected chi connectivity index (χ3v) is 3.95. The van der Waals surface area contributed by atoms with Crippen LogP contribution in [-0.2, 0) is 9.05 Å². The summed E-state index contributed by atoms with van der Waals surface area (Å²) in [4.78, 5) is 12.3. The maximum Gasteiger partial charge on any atom is 0.406 e. The van der Waals surface area contributed by atoms with E-state index in [1.807, 2.05) is 0 Å². The molecule has 0 aromatic heterocycles. The monoisotopic (exact) mass is 343 g/mol. The van der Waals surface area contributed by atoms with E-state index in [4.69, 9.17) is 10.7 Å². The van der Waals surface area contributed by atoms with Gasteiger partial charge in [0.15, 0.2) is 0 Å².